The van der Waals surface area contributed by atoms with E-state index in [0.29, 0.717) is 12.1 Å². The molecule has 0 saturated heterocycles. The highest BCUT2D eigenvalue weighted by Crippen LogP contribution is 2.32. The van der Waals surface area contributed by atoms with E-state index >= 15 is 0 Å². The number of rotatable bonds is 2. The summed E-state index contributed by atoms with van der Waals surface area (Å²) in [5.74, 6) is -0.784. The molecule has 0 aromatic heterocycles. The van der Waals surface area contributed by atoms with Gasteiger partial charge in [-0.15, -0.1) is 0 Å². The van der Waals surface area contributed by atoms with E-state index in [9.17, 15) is 8.78 Å². The van der Waals surface area contributed by atoms with Gasteiger partial charge < -0.3 is 10.6 Å². The lowest BCUT2D eigenvalue weighted by atomic mass is 9.99. The van der Waals surface area contributed by atoms with Crippen molar-refractivity contribution >= 4 is 11.4 Å². The van der Waals surface area contributed by atoms with Crippen LogP contribution in [-0.2, 0) is 13.0 Å². The average Bonchev–Trinajstić information content (AvgIpc) is 2.44. The Kier molecular flexibility index (Phi) is 3.30. The van der Waals surface area contributed by atoms with Crippen LogP contribution in [0.15, 0.2) is 36.4 Å². The number of hydrogen-bond acceptors (Lipinski definition) is 2. The second kappa shape index (κ2) is 5.12. The number of hydrogen-bond donors (Lipinski definition) is 1. The Morgan fingerprint density at radius 3 is 2.85 bits per heavy atom. The Bertz CT molecular complexity index is 640. The standard InChI is InChI=1S/C16H16F2N2/c17-12-6-7-14(18)11(9-12)10-20-8-2-3-13-15(19)4-1-5-16(13)20/h1,4-7,9H,2-3,8,10,19H2. The molecule has 0 bridgehead atoms. The average molecular weight is 274 g/mol. The van der Waals surface area contributed by atoms with Crippen LogP contribution in [0.5, 0.6) is 0 Å². The molecule has 0 unspecified atom stereocenters. The fraction of sp³-hybridized carbons (Fsp3) is 0.250. The molecule has 2 aromatic carbocycles. The van der Waals surface area contributed by atoms with Crippen molar-refractivity contribution in [1.82, 2.24) is 0 Å². The van der Waals surface area contributed by atoms with E-state index in [2.05, 4.69) is 4.90 Å². The lowest BCUT2D eigenvalue weighted by Gasteiger charge is -2.32. The van der Waals surface area contributed by atoms with Gasteiger partial charge >= 0.3 is 0 Å². The lowest BCUT2D eigenvalue weighted by molar-refractivity contribution is 0.577. The van der Waals surface area contributed by atoms with Crippen molar-refractivity contribution in [3.63, 3.8) is 0 Å². The molecule has 0 atom stereocenters. The van der Waals surface area contributed by atoms with Gasteiger partial charge in [-0.05, 0) is 48.7 Å². The van der Waals surface area contributed by atoms with Gasteiger partial charge in [0.25, 0.3) is 0 Å². The van der Waals surface area contributed by atoms with Crippen molar-refractivity contribution in [1.29, 1.82) is 0 Å². The predicted octanol–water partition coefficient (Wildman–Crippen LogP) is 3.50. The van der Waals surface area contributed by atoms with Crippen LogP contribution >= 0.6 is 0 Å². The highest BCUT2D eigenvalue weighted by Gasteiger charge is 2.19. The summed E-state index contributed by atoms with van der Waals surface area (Å²) < 4.78 is 27.0. The summed E-state index contributed by atoms with van der Waals surface area (Å²) in [7, 11) is 0. The Balaban J connectivity index is 1.94. The van der Waals surface area contributed by atoms with Gasteiger partial charge in [0, 0.05) is 30.0 Å². The number of nitrogens with zero attached hydrogens (tertiary/aromatic N) is 1. The van der Waals surface area contributed by atoms with E-state index in [1.165, 1.54) is 12.1 Å². The molecule has 1 aliphatic rings. The molecule has 2 nitrogen and oxygen atoms in total. The van der Waals surface area contributed by atoms with Gasteiger partial charge in [0.05, 0.1) is 0 Å². The fourth-order valence-corrected chi connectivity index (χ4v) is 2.76. The molecule has 0 radical (unpaired) electrons. The first-order valence-electron chi connectivity index (χ1n) is 6.71. The Labute approximate surface area is 116 Å². The molecule has 3 rings (SSSR count). The number of benzene rings is 2. The quantitative estimate of drug-likeness (QED) is 0.849. The third-order valence-corrected chi connectivity index (χ3v) is 3.75. The van der Waals surface area contributed by atoms with Gasteiger partial charge in [0.2, 0.25) is 0 Å². The van der Waals surface area contributed by atoms with Gasteiger partial charge in [-0.3, -0.25) is 0 Å². The molecular formula is C16H16F2N2. The topological polar surface area (TPSA) is 29.3 Å². The molecule has 0 saturated carbocycles. The first-order valence-corrected chi connectivity index (χ1v) is 6.71. The molecule has 0 spiro atoms. The van der Waals surface area contributed by atoms with Crippen LogP contribution in [0.4, 0.5) is 20.2 Å². The highest BCUT2D eigenvalue weighted by molar-refractivity contribution is 5.66. The third-order valence-electron chi connectivity index (χ3n) is 3.75. The summed E-state index contributed by atoms with van der Waals surface area (Å²) in [6.45, 7) is 1.19. The minimum atomic E-state index is -0.411. The zero-order valence-electron chi connectivity index (χ0n) is 11.1. The molecular weight excluding hydrogens is 258 g/mol. The molecule has 2 aromatic rings. The van der Waals surface area contributed by atoms with Crippen molar-refractivity contribution < 1.29 is 8.78 Å². The Hall–Kier alpha value is -2.10. The maximum Gasteiger partial charge on any atom is 0.128 e. The molecule has 1 aliphatic heterocycles. The van der Waals surface area contributed by atoms with Gasteiger partial charge in [0.1, 0.15) is 11.6 Å². The monoisotopic (exact) mass is 274 g/mol. The van der Waals surface area contributed by atoms with Crippen LogP contribution in [0.25, 0.3) is 0 Å². The number of nitrogens with two attached hydrogens (primary N) is 1. The van der Waals surface area contributed by atoms with Crippen LogP contribution in [0.2, 0.25) is 0 Å². The summed E-state index contributed by atoms with van der Waals surface area (Å²) in [5.41, 5.74) is 9.27. The maximum absolute atomic E-state index is 13.8. The van der Waals surface area contributed by atoms with Crippen molar-refractivity contribution in [2.45, 2.75) is 19.4 Å². The largest absolute Gasteiger partial charge is 0.398 e. The molecule has 104 valence electrons. The lowest BCUT2D eigenvalue weighted by Crippen LogP contribution is -2.29. The first kappa shape index (κ1) is 12.9. The molecule has 0 aliphatic carbocycles. The van der Waals surface area contributed by atoms with E-state index in [1.54, 1.807) is 0 Å². The first-order chi connectivity index (χ1) is 9.65. The predicted molar refractivity (Wildman–Crippen MR) is 76.6 cm³/mol. The second-order valence-corrected chi connectivity index (χ2v) is 5.11. The van der Waals surface area contributed by atoms with Crippen LogP contribution in [0, 0.1) is 11.6 Å². The van der Waals surface area contributed by atoms with Crippen molar-refractivity contribution in [2.24, 2.45) is 0 Å². The number of nitrogen functional groups attached to an aromatic ring is 1. The Morgan fingerprint density at radius 1 is 1.15 bits per heavy atom. The van der Waals surface area contributed by atoms with Crippen molar-refractivity contribution in [3.05, 3.63) is 59.2 Å². The van der Waals surface area contributed by atoms with Crippen molar-refractivity contribution in [2.75, 3.05) is 17.2 Å². The van der Waals surface area contributed by atoms with E-state index in [-0.39, 0.29) is 5.82 Å². The van der Waals surface area contributed by atoms with Gasteiger partial charge in [-0.25, -0.2) is 8.78 Å². The van der Waals surface area contributed by atoms with Crippen LogP contribution in [-0.4, -0.2) is 6.54 Å². The minimum Gasteiger partial charge on any atom is -0.398 e. The number of anilines is 2. The van der Waals surface area contributed by atoms with Crippen molar-refractivity contribution in [3.8, 4) is 0 Å². The number of fused-ring (bicyclic) bond motifs is 1. The van der Waals surface area contributed by atoms with E-state index < -0.39 is 5.82 Å². The van der Waals surface area contributed by atoms with Crippen LogP contribution < -0.4 is 10.6 Å². The summed E-state index contributed by atoms with van der Waals surface area (Å²) in [6.07, 6.45) is 1.91. The highest BCUT2D eigenvalue weighted by atomic mass is 19.1. The third kappa shape index (κ3) is 2.33. The molecule has 20 heavy (non-hydrogen) atoms. The normalized spacial score (nSPS) is 14.2. The molecule has 1 heterocycles. The molecule has 0 amide bonds. The molecule has 2 N–H and O–H groups in total. The van der Waals surface area contributed by atoms with Gasteiger partial charge in [0.15, 0.2) is 0 Å². The van der Waals surface area contributed by atoms with E-state index in [1.807, 2.05) is 18.2 Å². The zero-order valence-corrected chi connectivity index (χ0v) is 11.1. The summed E-state index contributed by atoms with van der Waals surface area (Å²) in [4.78, 5) is 2.06. The summed E-state index contributed by atoms with van der Waals surface area (Å²) >= 11 is 0. The SMILES string of the molecule is Nc1cccc2c1CCCN2Cc1cc(F)ccc1F. The van der Waals surface area contributed by atoms with Crippen LogP contribution in [0.3, 0.4) is 0 Å². The Morgan fingerprint density at radius 2 is 2.00 bits per heavy atom. The van der Waals surface area contributed by atoms with Crippen LogP contribution in [0.1, 0.15) is 17.5 Å². The zero-order chi connectivity index (χ0) is 14.1. The maximum atomic E-state index is 13.8. The molecule has 4 heteroatoms. The summed E-state index contributed by atoms with van der Waals surface area (Å²) in [6, 6.07) is 9.34. The van der Waals surface area contributed by atoms with E-state index in [4.69, 9.17) is 5.73 Å². The van der Waals surface area contributed by atoms with Gasteiger partial charge in [-0.1, -0.05) is 6.07 Å². The molecule has 0 fully saturated rings. The summed E-state index contributed by atoms with van der Waals surface area (Å²) in [5, 5.41) is 0. The second-order valence-electron chi connectivity index (χ2n) is 5.11. The minimum absolute atomic E-state index is 0.361. The smallest absolute Gasteiger partial charge is 0.128 e. The number of halogens is 2. The van der Waals surface area contributed by atoms with E-state index in [0.717, 1.165) is 42.4 Å². The fourth-order valence-electron chi connectivity index (χ4n) is 2.76. The van der Waals surface area contributed by atoms with Gasteiger partial charge in [-0.2, -0.15) is 0 Å².